The van der Waals surface area contributed by atoms with Crippen LogP contribution in [0.15, 0.2) is 41.8 Å². The average molecular weight is 359 g/mol. The third-order valence-corrected chi connectivity index (χ3v) is 5.71. The van der Waals surface area contributed by atoms with Gasteiger partial charge in [-0.2, -0.15) is 0 Å². The summed E-state index contributed by atoms with van der Waals surface area (Å²) in [5, 5.41) is 5.52. The lowest BCUT2D eigenvalue weighted by molar-refractivity contribution is 0.0984. The lowest BCUT2D eigenvalue weighted by atomic mass is 10.1. The number of ketones is 1. The van der Waals surface area contributed by atoms with E-state index >= 15 is 0 Å². The molecule has 2 aromatic rings. The van der Waals surface area contributed by atoms with Crippen LogP contribution in [-0.4, -0.2) is 44.0 Å². The summed E-state index contributed by atoms with van der Waals surface area (Å²) in [5.41, 5.74) is 0.721. The van der Waals surface area contributed by atoms with Gasteiger partial charge in [-0.1, -0.05) is 12.5 Å². The molecule has 1 aliphatic rings. The van der Waals surface area contributed by atoms with E-state index in [1.165, 1.54) is 24.1 Å². The van der Waals surface area contributed by atoms with Crippen molar-refractivity contribution < 1.29 is 9.53 Å². The van der Waals surface area contributed by atoms with Crippen LogP contribution in [-0.2, 0) is 0 Å². The lowest BCUT2D eigenvalue weighted by Crippen LogP contribution is -2.39. The third kappa shape index (κ3) is 4.91. The Bertz CT molecular complexity index is 649. The van der Waals surface area contributed by atoms with E-state index in [1.807, 2.05) is 24.3 Å². The monoisotopic (exact) mass is 358 g/mol. The number of piperidine rings is 1. The molecule has 134 valence electrons. The number of methoxy groups -OCH3 is 1. The number of hydrogen-bond acceptors (Lipinski definition) is 5. The molecular formula is C20H26N2O2S. The van der Waals surface area contributed by atoms with Crippen LogP contribution in [0.5, 0.6) is 5.75 Å². The highest BCUT2D eigenvalue weighted by atomic mass is 32.1. The molecule has 25 heavy (non-hydrogen) atoms. The van der Waals surface area contributed by atoms with E-state index in [-0.39, 0.29) is 5.78 Å². The van der Waals surface area contributed by atoms with Crippen LogP contribution in [0.4, 0.5) is 0 Å². The van der Waals surface area contributed by atoms with Crippen molar-refractivity contribution in [3.05, 3.63) is 52.2 Å². The van der Waals surface area contributed by atoms with Crippen molar-refractivity contribution in [2.45, 2.75) is 25.3 Å². The van der Waals surface area contributed by atoms with Crippen molar-refractivity contribution >= 4 is 17.1 Å². The van der Waals surface area contributed by atoms with Crippen LogP contribution < -0.4 is 10.1 Å². The molecule has 1 aromatic heterocycles. The number of hydrogen-bond donors (Lipinski definition) is 1. The van der Waals surface area contributed by atoms with Gasteiger partial charge in [0.1, 0.15) is 5.75 Å². The molecule has 1 aromatic carbocycles. The Balaban J connectivity index is 1.56. The van der Waals surface area contributed by atoms with Crippen LogP contribution in [0, 0.1) is 0 Å². The number of ether oxygens (including phenoxy) is 1. The van der Waals surface area contributed by atoms with Crippen LogP contribution in [0.25, 0.3) is 0 Å². The smallest absolute Gasteiger partial charge is 0.176 e. The first-order valence-electron chi connectivity index (χ1n) is 8.93. The molecule has 1 aliphatic heterocycles. The predicted molar refractivity (Wildman–Crippen MR) is 103 cm³/mol. The third-order valence-electron chi connectivity index (χ3n) is 4.74. The van der Waals surface area contributed by atoms with E-state index in [9.17, 15) is 4.79 Å². The molecule has 1 saturated heterocycles. The second-order valence-corrected chi connectivity index (χ2v) is 7.39. The van der Waals surface area contributed by atoms with E-state index < -0.39 is 0 Å². The molecule has 1 unspecified atom stereocenters. The van der Waals surface area contributed by atoms with Gasteiger partial charge in [0.15, 0.2) is 5.78 Å². The van der Waals surface area contributed by atoms with E-state index in [4.69, 9.17) is 4.74 Å². The zero-order valence-corrected chi connectivity index (χ0v) is 15.6. The van der Waals surface area contributed by atoms with E-state index in [0.717, 1.165) is 30.9 Å². The minimum atomic E-state index is 0.117. The van der Waals surface area contributed by atoms with Crippen molar-refractivity contribution in [1.82, 2.24) is 10.2 Å². The summed E-state index contributed by atoms with van der Waals surface area (Å²) in [4.78, 5) is 16.3. The van der Waals surface area contributed by atoms with Crippen molar-refractivity contribution in [3.8, 4) is 5.75 Å². The van der Waals surface area contributed by atoms with E-state index in [0.29, 0.717) is 12.6 Å². The molecule has 1 atom stereocenters. The number of carbonyl (C=O) groups is 1. The van der Waals surface area contributed by atoms with Gasteiger partial charge in [0.2, 0.25) is 0 Å². The Morgan fingerprint density at radius 3 is 2.60 bits per heavy atom. The van der Waals surface area contributed by atoms with E-state index in [1.54, 1.807) is 18.4 Å². The van der Waals surface area contributed by atoms with Crippen molar-refractivity contribution in [3.63, 3.8) is 0 Å². The Kier molecular flexibility index (Phi) is 6.62. The van der Waals surface area contributed by atoms with Gasteiger partial charge in [-0.15, -0.1) is 11.3 Å². The molecule has 0 bridgehead atoms. The molecule has 0 spiro atoms. The molecule has 0 aliphatic carbocycles. The zero-order valence-electron chi connectivity index (χ0n) is 14.7. The topological polar surface area (TPSA) is 41.6 Å². The van der Waals surface area contributed by atoms with Gasteiger partial charge in [0.05, 0.1) is 19.7 Å². The summed E-state index contributed by atoms with van der Waals surface area (Å²) in [6.45, 7) is 3.47. The maximum Gasteiger partial charge on any atom is 0.176 e. The fraction of sp³-hybridized carbons (Fsp3) is 0.450. The molecule has 1 N–H and O–H groups in total. The van der Waals surface area contributed by atoms with Crippen LogP contribution in [0.2, 0.25) is 0 Å². The Labute approximate surface area is 153 Å². The first-order valence-corrected chi connectivity index (χ1v) is 9.81. The number of nitrogens with zero attached hydrogens (tertiary/aromatic N) is 1. The molecule has 1 fully saturated rings. The molecule has 0 saturated carbocycles. The number of Topliss-reactive ketones (excluding diaryl/α,β-unsaturated/α-hetero) is 1. The van der Waals surface area contributed by atoms with Crippen molar-refractivity contribution in [1.29, 1.82) is 0 Å². The first kappa shape index (κ1) is 18.1. The lowest BCUT2D eigenvalue weighted by Gasteiger charge is -2.34. The van der Waals surface area contributed by atoms with Gasteiger partial charge in [-0.05, 0) is 61.6 Å². The molecule has 4 nitrogen and oxygen atoms in total. The summed E-state index contributed by atoms with van der Waals surface area (Å²) in [6.07, 6.45) is 3.87. The number of nitrogens with one attached hydrogen (secondary N) is 1. The number of carbonyl (C=O) groups excluding carboxylic acids is 1. The minimum Gasteiger partial charge on any atom is -0.497 e. The summed E-state index contributed by atoms with van der Waals surface area (Å²) in [5.74, 6) is 0.888. The predicted octanol–water partition coefficient (Wildman–Crippen LogP) is 3.76. The molecule has 3 rings (SSSR count). The standard InChI is InChI=1S/C20H26N2O2S/c1-24-17-9-7-16(8-10-17)19(23)15-21-14-18(20-6-5-13-25-20)22-11-3-2-4-12-22/h5-10,13,18,21H,2-4,11-12,14-15H2,1H3. The average Bonchev–Trinajstić information content (AvgIpc) is 3.20. The summed E-state index contributed by atoms with van der Waals surface area (Å²) >= 11 is 1.80. The van der Waals surface area contributed by atoms with Gasteiger partial charge in [-0.25, -0.2) is 0 Å². The van der Waals surface area contributed by atoms with Crippen molar-refractivity contribution in [2.75, 3.05) is 33.3 Å². The SMILES string of the molecule is COc1ccc(C(=O)CNCC(c2cccs2)N2CCCCC2)cc1. The van der Waals surface area contributed by atoms with E-state index in [2.05, 4.69) is 27.7 Å². The highest BCUT2D eigenvalue weighted by molar-refractivity contribution is 7.10. The van der Waals surface area contributed by atoms with Gasteiger partial charge < -0.3 is 10.1 Å². The first-order chi connectivity index (χ1) is 12.3. The number of benzene rings is 1. The molecule has 0 amide bonds. The molecule has 5 heteroatoms. The summed E-state index contributed by atoms with van der Waals surface area (Å²) < 4.78 is 5.14. The second-order valence-electron chi connectivity index (χ2n) is 6.41. The van der Waals surface area contributed by atoms with Crippen LogP contribution in [0.3, 0.4) is 0 Å². The maximum atomic E-state index is 12.4. The minimum absolute atomic E-state index is 0.117. The number of thiophene rings is 1. The fourth-order valence-electron chi connectivity index (χ4n) is 3.32. The molecule has 2 heterocycles. The number of rotatable bonds is 8. The Morgan fingerprint density at radius 2 is 1.96 bits per heavy atom. The van der Waals surface area contributed by atoms with Gasteiger partial charge in [0.25, 0.3) is 0 Å². The van der Waals surface area contributed by atoms with Gasteiger partial charge >= 0.3 is 0 Å². The van der Waals surface area contributed by atoms with Gasteiger partial charge in [-0.3, -0.25) is 9.69 Å². The number of likely N-dealkylation sites (tertiary alicyclic amines) is 1. The summed E-state index contributed by atoms with van der Waals surface area (Å²) in [6, 6.07) is 12.0. The highest BCUT2D eigenvalue weighted by Gasteiger charge is 2.23. The fourth-order valence-corrected chi connectivity index (χ4v) is 4.18. The Hall–Kier alpha value is -1.69. The van der Waals surface area contributed by atoms with Crippen LogP contribution >= 0.6 is 11.3 Å². The largest absolute Gasteiger partial charge is 0.497 e. The Morgan fingerprint density at radius 1 is 1.20 bits per heavy atom. The summed E-state index contributed by atoms with van der Waals surface area (Å²) in [7, 11) is 1.63. The van der Waals surface area contributed by atoms with Crippen molar-refractivity contribution in [2.24, 2.45) is 0 Å². The van der Waals surface area contributed by atoms with Crippen LogP contribution in [0.1, 0.15) is 40.5 Å². The maximum absolute atomic E-state index is 12.4. The zero-order chi connectivity index (χ0) is 17.5. The normalized spacial score (nSPS) is 16.5. The highest BCUT2D eigenvalue weighted by Crippen LogP contribution is 2.27. The quantitative estimate of drug-likeness (QED) is 0.730. The molecule has 0 radical (unpaired) electrons. The second kappa shape index (κ2) is 9.13. The van der Waals surface area contributed by atoms with Gasteiger partial charge in [0, 0.05) is 17.0 Å². The molecular weight excluding hydrogens is 332 g/mol.